The lowest BCUT2D eigenvalue weighted by atomic mass is 9.94. The summed E-state index contributed by atoms with van der Waals surface area (Å²) in [6.45, 7) is 2.24. The summed E-state index contributed by atoms with van der Waals surface area (Å²) in [6.07, 6.45) is 5.04. The van der Waals surface area contributed by atoms with E-state index in [0.717, 1.165) is 18.7 Å². The molecule has 1 atom stereocenters. The van der Waals surface area contributed by atoms with Gasteiger partial charge in [0.1, 0.15) is 5.75 Å². The van der Waals surface area contributed by atoms with Crippen molar-refractivity contribution in [2.24, 2.45) is 0 Å². The van der Waals surface area contributed by atoms with Gasteiger partial charge in [-0.3, -0.25) is 0 Å². The van der Waals surface area contributed by atoms with Gasteiger partial charge in [-0.15, -0.1) is 0 Å². The molecule has 0 bridgehead atoms. The van der Waals surface area contributed by atoms with E-state index in [0.29, 0.717) is 19.4 Å². The molecule has 0 spiro atoms. The van der Waals surface area contributed by atoms with Crippen molar-refractivity contribution in [2.75, 3.05) is 13.3 Å². The zero-order valence-electron chi connectivity index (χ0n) is 10.1. The first-order valence-corrected chi connectivity index (χ1v) is 6.48. The number of ether oxygens (including phenoxy) is 2. The van der Waals surface area contributed by atoms with Crippen LogP contribution in [0.5, 0.6) is 5.75 Å². The van der Waals surface area contributed by atoms with E-state index >= 15 is 0 Å². The fourth-order valence-corrected chi connectivity index (χ4v) is 2.71. The molecule has 0 saturated carbocycles. The number of nitrogens with one attached hydrogen (secondary N) is 1. The van der Waals surface area contributed by atoms with Crippen molar-refractivity contribution in [1.82, 2.24) is 5.32 Å². The van der Waals surface area contributed by atoms with Gasteiger partial charge in [0.15, 0.2) is 6.79 Å². The Morgan fingerprint density at radius 3 is 3.18 bits per heavy atom. The first-order chi connectivity index (χ1) is 8.43. The first-order valence-electron chi connectivity index (χ1n) is 6.48. The maximum Gasteiger partial charge on any atom is 0.189 e. The molecule has 1 saturated heterocycles. The summed E-state index contributed by atoms with van der Waals surface area (Å²) in [4.78, 5) is 0. The van der Waals surface area contributed by atoms with Crippen LogP contribution >= 0.6 is 0 Å². The smallest absolute Gasteiger partial charge is 0.189 e. The largest absolute Gasteiger partial charge is 0.467 e. The Kier molecular flexibility index (Phi) is 3.29. The SMILES string of the molecule is c1cc(CC2CCCCN2)c2c(c1)OCOC2. The molecule has 3 nitrogen and oxygen atoms in total. The third kappa shape index (κ3) is 2.45. The molecule has 3 heteroatoms. The van der Waals surface area contributed by atoms with Crippen LogP contribution < -0.4 is 10.1 Å². The van der Waals surface area contributed by atoms with E-state index in [-0.39, 0.29) is 0 Å². The lowest BCUT2D eigenvalue weighted by molar-refractivity contribution is -0.0168. The molecule has 2 aliphatic heterocycles. The number of piperidine rings is 1. The Morgan fingerprint density at radius 1 is 1.29 bits per heavy atom. The number of benzene rings is 1. The van der Waals surface area contributed by atoms with Gasteiger partial charge in [0.2, 0.25) is 0 Å². The van der Waals surface area contributed by atoms with Crippen molar-refractivity contribution in [3.8, 4) is 5.75 Å². The van der Waals surface area contributed by atoms with Crippen LogP contribution in [0.1, 0.15) is 30.4 Å². The second kappa shape index (κ2) is 5.07. The Balaban J connectivity index is 1.77. The van der Waals surface area contributed by atoms with Crippen molar-refractivity contribution in [1.29, 1.82) is 0 Å². The van der Waals surface area contributed by atoms with Crippen LogP contribution in [0.4, 0.5) is 0 Å². The lowest BCUT2D eigenvalue weighted by Crippen LogP contribution is -2.36. The van der Waals surface area contributed by atoms with Gasteiger partial charge < -0.3 is 14.8 Å². The van der Waals surface area contributed by atoms with Gasteiger partial charge in [0, 0.05) is 11.6 Å². The third-order valence-corrected chi connectivity index (χ3v) is 3.65. The molecular formula is C14H19NO2. The standard InChI is InChI=1S/C14H19NO2/c1-2-7-15-12(5-1)8-11-4-3-6-14-13(11)9-16-10-17-14/h3-4,6,12,15H,1-2,5,7-10H2. The molecule has 1 aromatic rings. The van der Waals surface area contributed by atoms with Crippen LogP contribution in [0.15, 0.2) is 18.2 Å². The average Bonchev–Trinajstić information content (AvgIpc) is 2.40. The van der Waals surface area contributed by atoms with Gasteiger partial charge in [-0.1, -0.05) is 18.6 Å². The normalized spacial score (nSPS) is 23.9. The molecule has 2 heterocycles. The van der Waals surface area contributed by atoms with Crippen molar-refractivity contribution < 1.29 is 9.47 Å². The Labute approximate surface area is 102 Å². The summed E-state index contributed by atoms with van der Waals surface area (Å²) < 4.78 is 10.9. The molecule has 2 aliphatic rings. The Hall–Kier alpha value is -1.06. The molecule has 92 valence electrons. The number of hydrogen-bond acceptors (Lipinski definition) is 3. The lowest BCUT2D eigenvalue weighted by Gasteiger charge is -2.26. The number of fused-ring (bicyclic) bond motifs is 1. The summed E-state index contributed by atoms with van der Waals surface area (Å²) in [5.74, 6) is 1.00. The molecule has 0 amide bonds. The summed E-state index contributed by atoms with van der Waals surface area (Å²) in [5.41, 5.74) is 2.62. The van der Waals surface area contributed by atoms with Crippen LogP contribution in [-0.2, 0) is 17.8 Å². The number of rotatable bonds is 2. The minimum atomic E-state index is 0.387. The first kappa shape index (κ1) is 11.1. The van der Waals surface area contributed by atoms with Gasteiger partial charge in [-0.25, -0.2) is 0 Å². The zero-order valence-corrected chi connectivity index (χ0v) is 10.1. The minimum absolute atomic E-state index is 0.387. The summed E-state index contributed by atoms with van der Waals surface area (Å²) in [5, 5.41) is 3.59. The Bertz CT molecular complexity index is 386. The Morgan fingerprint density at radius 2 is 2.29 bits per heavy atom. The fraction of sp³-hybridized carbons (Fsp3) is 0.571. The molecule has 1 aromatic carbocycles. The van der Waals surface area contributed by atoms with Crippen molar-refractivity contribution in [3.63, 3.8) is 0 Å². The summed E-state index contributed by atoms with van der Waals surface area (Å²) in [7, 11) is 0. The molecule has 0 aliphatic carbocycles. The second-order valence-electron chi connectivity index (χ2n) is 4.86. The molecule has 1 fully saturated rings. The highest BCUT2D eigenvalue weighted by molar-refractivity contribution is 5.41. The third-order valence-electron chi connectivity index (χ3n) is 3.65. The molecular weight excluding hydrogens is 214 g/mol. The van der Waals surface area contributed by atoms with Crippen molar-refractivity contribution >= 4 is 0 Å². The fourth-order valence-electron chi connectivity index (χ4n) is 2.71. The average molecular weight is 233 g/mol. The molecule has 1 unspecified atom stereocenters. The van der Waals surface area contributed by atoms with Gasteiger partial charge >= 0.3 is 0 Å². The van der Waals surface area contributed by atoms with E-state index in [9.17, 15) is 0 Å². The highest BCUT2D eigenvalue weighted by atomic mass is 16.7. The van der Waals surface area contributed by atoms with Gasteiger partial charge in [0.05, 0.1) is 6.61 Å². The van der Waals surface area contributed by atoms with Crippen LogP contribution in [0.25, 0.3) is 0 Å². The van der Waals surface area contributed by atoms with Crippen LogP contribution in [0.3, 0.4) is 0 Å². The zero-order chi connectivity index (χ0) is 11.5. The minimum Gasteiger partial charge on any atom is -0.467 e. The summed E-state index contributed by atoms with van der Waals surface area (Å²) in [6, 6.07) is 6.95. The van der Waals surface area contributed by atoms with E-state index in [1.807, 2.05) is 6.07 Å². The predicted octanol–water partition coefficient (Wildman–Crippen LogP) is 2.24. The highest BCUT2D eigenvalue weighted by Crippen LogP contribution is 2.28. The topological polar surface area (TPSA) is 30.5 Å². The van der Waals surface area contributed by atoms with E-state index < -0.39 is 0 Å². The maximum atomic E-state index is 5.51. The van der Waals surface area contributed by atoms with Crippen molar-refractivity contribution in [2.45, 2.75) is 38.3 Å². The van der Waals surface area contributed by atoms with E-state index in [4.69, 9.17) is 9.47 Å². The number of hydrogen-bond donors (Lipinski definition) is 1. The molecule has 17 heavy (non-hydrogen) atoms. The van der Waals surface area contributed by atoms with Crippen LogP contribution in [0.2, 0.25) is 0 Å². The molecule has 0 radical (unpaired) electrons. The quantitative estimate of drug-likeness (QED) is 0.849. The molecule has 1 N–H and O–H groups in total. The van der Waals surface area contributed by atoms with Gasteiger partial charge in [-0.05, 0) is 37.4 Å². The van der Waals surface area contributed by atoms with E-state index in [1.165, 1.54) is 30.4 Å². The second-order valence-corrected chi connectivity index (χ2v) is 4.86. The summed E-state index contributed by atoms with van der Waals surface area (Å²) >= 11 is 0. The van der Waals surface area contributed by atoms with E-state index in [1.54, 1.807) is 0 Å². The van der Waals surface area contributed by atoms with Crippen LogP contribution in [0, 0.1) is 0 Å². The monoisotopic (exact) mass is 233 g/mol. The van der Waals surface area contributed by atoms with Crippen LogP contribution in [-0.4, -0.2) is 19.4 Å². The van der Waals surface area contributed by atoms with Gasteiger partial charge in [-0.2, -0.15) is 0 Å². The molecule has 0 aromatic heterocycles. The molecule has 3 rings (SSSR count). The van der Waals surface area contributed by atoms with E-state index in [2.05, 4.69) is 17.4 Å². The van der Waals surface area contributed by atoms with Crippen molar-refractivity contribution in [3.05, 3.63) is 29.3 Å². The highest BCUT2D eigenvalue weighted by Gasteiger charge is 2.18. The van der Waals surface area contributed by atoms with Gasteiger partial charge in [0.25, 0.3) is 0 Å². The maximum absolute atomic E-state index is 5.51. The predicted molar refractivity (Wildman–Crippen MR) is 66.1 cm³/mol.